The topological polar surface area (TPSA) is 351 Å². The third-order valence-electron chi connectivity index (χ3n) is 9.52. The standard InChI is InChI=1S/C39H71N9O12/c1-10-22(8)31(37(57)44-26(17-29(51)52)35(55)48-32(23(9)49)38(58)45-27(39(59)60)16-20(4)5)47-36(56)30(21(6)7)46-34(54)25(13-11-12-14-40)43-28(50)18-42-33(53)24(41)15-19(2)3/h19-27,30-32,49H,10-18,40-41H2,1-9H3,(H,42,53)(H,43,50)(H,44,57)(H,45,58)(H,46,54)(H,47,56)(H,48,55)(H,51,52)(H,59,60)/t22-,23+,24-,25-,26-,27-,30-,31-,32-/m0/s1. The van der Waals surface area contributed by atoms with Crippen molar-refractivity contribution in [3.8, 4) is 0 Å². The highest BCUT2D eigenvalue weighted by molar-refractivity contribution is 5.98. The number of aliphatic hydroxyl groups excluding tert-OH is 1. The smallest absolute Gasteiger partial charge is 0.326 e. The Hall–Kier alpha value is -4.89. The number of hydrogen-bond donors (Lipinski definition) is 12. The molecule has 7 amide bonds. The summed E-state index contributed by atoms with van der Waals surface area (Å²) in [6, 6.07) is -9.52. The molecule has 0 aromatic rings. The van der Waals surface area contributed by atoms with Crippen molar-refractivity contribution in [1.82, 2.24) is 37.2 Å². The second kappa shape index (κ2) is 27.8. The highest BCUT2D eigenvalue weighted by atomic mass is 16.4. The van der Waals surface area contributed by atoms with Gasteiger partial charge in [-0.15, -0.1) is 0 Å². The van der Waals surface area contributed by atoms with Crippen molar-refractivity contribution in [3.63, 3.8) is 0 Å². The molecule has 0 radical (unpaired) electrons. The zero-order chi connectivity index (χ0) is 46.4. The molecule has 14 N–H and O–H groups in total. The van der Waals surface area contributed by atoms with E-state index in [0.29, 0.717) is 32.2 Å². The SMILES string of the molecule is CC[C@H](C)[C@H](NC(=O)[C@@H](NC(=O)[C@H](CCCCN)NC(=O)CNC(=O)[C@@H](N)CC(C)C)C(C)C)C(=O)N[C@@H](CC(=O)O)C(=O)N[C@H](C(=O)N[C@@H](CC(C)C)C(=O)O)[C@@H](C)O. The number of amides is 7. The van der Waals surface area contributed by atoms with Gasteiger partial charge < -0.3 is 64.0 Å². The molecule has 60 heavy (non-hydrogen) atoms. The van der Waals surface area contributed by atoms with E-state index in [0.717, 1.165) is 6.92 Å². The molecule has 0 spiro atoms. The normalized spacial score (nSPS) is 15.8. The molecule has 0 aliphatic heterocycles. The fraction of sp³-hybridized carbons (Fsp3) is 0.769. The molecule has 0 fully saturated rings. The Bertz CT molecular complexity index is 1460. The number of carboxylic acids is 2. The maximum atomic E-state index is 13.8. The van der Waals surface area contributed by atoms with E-state index >= 15 is 0 Å². The Labute approximate surface area is 352 Å². The van der Waals surface area contributed by atoms with Gasteiger partial charge in [0.1, 0.15) is 36.3 Å². The number of aliphatic hydroxyl groups is 1. The maximum absolute atomic E-state index is 13.8. The minimum Gasteiger partial charge on any atom is -0.481 e. The molecule has 0 bridgehead atoms. The Kier molecular flexibility index (Phi) is 25.5. The van der Waals surface area contributed by atoms with Crippen molar-refractivity contribution in [3.05, 3.63) is 0 Å². The van der Waals surface area contributed by atoms with Crippen LogP contribution < -0.4 is 48.7 Å². The van der Waals surface area contributed by atoms with E-state index in [1.165, 1.54) is 0 Å². The summed E-state index contributed by atoms with van der Waals surface area (Å²) >= 11 is 0. The van der Waals surface area contributed by atoms with E-state index in [2.05, 4.69) is 37.2 Å². The fourth-order valence-electron chi connectivity index (χ4n) is 5.91. The van der Waals surface area contributed by atoms with Crippen LogP contribution in [0.25, 0.3) is 0 Å². The summed E-state index contributed by atoms with van der Waals surface area (Å²) in [5.74, 6) is -10.0. The van der Waals surface area contributed by atoms with E-state index < -0.39 is 126 Å². The van der Waals surface area contributed by atoms with Crippen LogP contribution >= 0.6 is 0 Å². The molecule has 0 saturated heterocycles. The number of rotatable bonds is 29. The first kappa shape index (κ1) is 55.1. The second-order valence-corrected chi connectivity index (χ2v) is 16.4. The molecule has 21 nitrogen and oxygen atoms in total. The fourth-order valence-corrected chi connectivity index (χ4v) is 5.91. The summed E-state index contributed by atoms with van der Waals surface area (Å²) in [6.07, 6.45) is -0.711. The highest BCUT2D eigenvalue weighted by Gasteiger charge is 2.37. The van der Waals surface area contributed by atoms with Gasteiger partial charge in [0.25, 0.3) is 0 Å². The van der Waals surface area contributed by atoms with E-state index in [9.17, 15) is 58.5 Å². The van der Waals surface area contributed by atoms with Gasteiger partial charge in [-0.1, -0.05) is 61.8 Å². The molecular formula is C39H71N9O12. The van der Waals surface area contributed by atoms with Crippen LogP contribution in [0.3, 0.4) is 0 Å². The molecule has 0 saturated carbocycles. The predicted molar refractivity (Wildman–Crippen MR) is 220 cm³/mol. The second-order valence-electron chi connectivity index (χ2n) is 16.4. The summed E-state index contributed by atoms with van der Waals surface area (Å²) in [5, 5.41) is 46.5. The number of carboxylic acid groups (broad SMARTS) is 2. The number of nitrogens with two attached hydrogens (primary N) is 2. The minimum atomic E-state index is -1.83. The maximum Gasteiger partial charge on any atom is 0.326 e. The number of hydrogen-bond acceptors (Lipinski definition) is 12. The minimum absolute atomic E-state index is 0.0326. The highest BCUT2D eigenvalue weighted by Crippen LogP contribution is 2.13. The first-order valence-electron chi connectivity index (χ1n) is 20.5. The average Bonchev–Trinajstić information content (AvgIpc) is 3.14. The molecular weight excluding hydrogens is 786 g/mol. The third-order valence-corrected chi connectivity index (χ3v) is 9.52. The summed E-state index contributed by atoms with van der Waals surface area (Å²) in [6.45, 7) is 14.8. The Balaban J connectivity index is 6.21. The van der Waals surface area contributed by atoms with Crippen LogP contribution in [0.2, 0.25) is 0 Å². The number of aliphatic carboxylic acids is 2. The van der Waals surface area contributed by atoms with Crippen molar-refractivity contribution in [2.45, 2.75) is 156 Å². The zero-order valence-electron chi connectivity index (χ0n) is 36.5. The van der Waals surface area contributed by atoms with Gasteiger partial charge >= 0.3 is 11.9 Å². The lowest BCUT2D eigenvalue weighted by Gasteiger charge is -2.30. The van der Waals surface area contributed by atoms with E-state index in [1.54, 1.807) is 41.5 Å². The summed E-state index contributed by atoms with van der Waals surface area (Å²) in [7, 11) is 0. The molecule has 0 rings (SSSR count). The Morgan fingerprint density at radius 2 is 1.08 bits per heavy atom. The van der Waals surface area contributed by atoms with Gasteiger partial charge in [0.2, 0.25) is 41.4 Å². The number of nitrogens with one attached hydrogen (secondary N) is 7. The van der Waals surface area contributed by atoms with Crippen LogP contribution in [-0.4, -0.2) is 130 Å². The first-order chi connectivity index (χ1) is 27.9. The van der Waals surface area contributed by atoms with Crippen LogP contribution in [0.15, 0.2) is 0 Å². The molecule has 0 heterocycles. The third kappa shape index (κ3) is 20.9. The van der Waals surface area contributed by atoms with Gasteiger partial charge in [-0.3, -0.25) is 38.4 Å². The van der Waals surface area contributed by atoms with Gasteiger partial charge in [-0.2, -0.15) is 0 Å². The average molecular weight is 858 g/mol. The summed E-state index contributed by atoms with van der Waals surface area (Å²) < 4.78 is 0. The van der Waals surface area contributed by atoms with E-state index in [4.69, 9.17) is 11.5 Å². The van der Waals surface area contributed by atoms with Crippen molar-refractivity contribution in [2.75, 3.05) is 13.1 Å². The van der Waals surface area contributed by atoms with Crippen molar-refractivity contribution < 1.29 is 58.5 Å². The van der Waals surface area contributed by atoms with Crippen LogP contribution in [0.1, 0.15) is 107 Å². The first-order valence-corrected chi connectivity index (χ1v) is 20.5. The van der Waals surface area contributed by atoms with Gasteiger partial charge in [0.05, 0.1) is 25.1 Å². The predicted octanol–water partition coefficient (Wildman–Crippen LogP) is -1.80. The molecule has 9 atom stereocenters. The van der Waals surface area contributed by atoms with Crippen LogP contribution in [0.4, 0.5) is 0 Å². The molecule has 0 aromatic carbocycles. The largest absolute Gasteiger partial charge is 0.481 e. The van der Waals surface area contributed by atoms with E-state index in [-0.39, 0.29) is 24.7 Å². The molecule has 0 aliphatic rings. The van der Waals surface area contributed by atoms with Gasteiger partial charge in [0.15, 0.2) is 0 Å². The van der Waals surface area contributed by atoms with E-state index in [1.807, 2.05) is 13.8 Å². The molecule has 0 aromatic heterocycles. The summed E-state index contributed by atoms with van der Waals surface area (Å²) in [5.41, 5.74) is 11.5. The molecule has 21 heteroatoms. The lowest BCUT2D eigenvalue weighted by Crippen LogP contribution is -2.62. The monoisotopic (exact) mass is 858 g/mol. The number of unbranched alkanes of at least 4 members (excludes halogenated alkanes) is 1. The van der Waals surface area contributed by atoms with Crippen LogP contribution in [0.5, 0.6) is 0 Å². The van der Waals surface area contributed by atoms with Crippen LogP contribution in [0, 0.1) is 23.7 Å². The van der Waals surface area contributed by atoms with Crippen molar-refractivity contribution in [1.29, 1.82) is 0 Å². The van der Waals surface area contributed by atoms with Gasteiger partial charge in [0, 0.05) is 0 Å². The Morgan fingerprint density at radius 1 is 0.583 bits per heavy atom. The quantitative estimate of drug-likeness (QED) is 0.0370. The lowest BCUT2D eigenvalue weighted by atomic mass is 9.95. The molecule has 0 unspecified atom stereocenters. The lowest BCUT2D eigenvalue weighted by molar-refractivity contribution is -0.144. The van der Waals surface area contributed by atoms with Crippen molar-refractivity contribution >= 4 is 53.3 Å². The number of carbonyl (C=O) groups excluding carboxylic acids is 7. The Morgan fingerprint density at radius 3 is 1.57 bits per heavy atom. The van der Waals surface area contributed by atoms with Gasteiger partial charge in [-0.05, 0) is 69.2 Å². The zero-order valence-corrected chi connectivity index (χ0v) is 36.5. The number of carbonyl (C=O) groups is 9. The van der Waals surface area contributed by atoms with Crippen LogP contribution in [-0.2, 0) is 43.2 Å². The molecule has 344 valence electrons. The molecule has 0 aliphatic carbocycles. The van der Waals surface area contributed by atoms with Gasteiger partial charge in [-0.25, -0.2) is 4.79 Å². The summed E-state index contributed by atoms with van der Waals surface area (Å²) in [4.78, 5) is 116. The van der Waals surface area contributed by atoms with Crippen molar-refractivity contribution in [2.24, 2.45) is 35.1 Å².